The van der Waals surface area contributed by atoms with Crippen molar-refractivity contribution in [2.24, 2.45) is 10.9 Å². The van der Waals surface area contributed by atoms with Crippen molar-refractivity contribution in [3.63, 3.8) is 0 Å². The Morgan fingerprint density at radius 3 is 2.62 bits per heavy atom. The normalized spacial score (nSPS) is 12.7. The highest BCUT2D eigenvalue weighted by molar-refractivity contribution is 7.09. The maximum atomic E-state index is 12.8. The van der Waals surface area contributed by atoms with Gasteiger partial charge in [-0.25, -0.2) is 0 Å². The topological polar surface area (TPSA) is 43.6 Å². The summed E-state index contributed by atoms with van der Waals surface area (Å²) in [6.45, 7) is 14.0. The number of thiazole rings is 1. The summed E-state index contributed by atoms with van der Waals surface area (Å²) >= 11 is 7.63. The lowest BCUT2D eigenvalue weighted by atomic mass is 9.95. The number of rotatable bonds is 5. The minimum absolute atomic E-state index is 0.00670. The van der Waals surface area contributed by atoms with Crippen LogP contribution >= 0.6 is 22.9 Å². The third-order valence-electron chi connectivity index (χ3n) is 3.69. The zero-order valence-electron chi connectivity index (χ0n) is 16.3. The third-order valence-corrected chi connectivity index (χ3v) is 5.37. The molecule has 0 aliphatic rings. The standard InChI is InChI=1S/C20H27ClN2O2S/c1-7-25-16-9-8-14(21)10-15(16)18(24)22-19-23(11-13(2)3)12-17(26-19)20(4,5)6/h8-10,12-13H,7,11H2,1-6H3. The van der Waals surface area contributed by atoms with Gasteiger partial charge in [-0.05, 0) is 36.5 Å². The minimum Gasteiger partial charge on any atom is -0.493 e. The van der Waals surface area contributed by atoms with Gasteiger partial charge < -0.3 is 9.30 Å². The molecule has 26 heavy (non-hydrogen) atoms. The number of halogens is 1. The van der Waals surface area contributed by atoms with Gasteiger partial charge in [0, 0.05) is 22.6 Å². The van der Waals surface area contributed by atoms with Gasteiger partial charge in [-0.3, -0.25) is 4.79 Å². The average Bonchev–Trinajstić information content (AvgIpc) is 2.91. The first-order valence-electron chi connectivity index (χ1n) is 8.84. The van der Waals surface area contributed by atoms with Crippen LogP contribution in [-0.4, -0.2) is 17.1 Å². The molecule has 0 saturated heterocycles. The van der Waals surface area contributed by atoms with Crippen molar-refractivity contribution in [1.29, 1.82) is 0 Å². The first-order valence-corrected chi connectivity index (χ1v) is 10.0. The number of nitrogens with zero attached hydrogens (tertiary/aromatic N) is 2. The van der Waals surface area contributed by atoms with E-state index in [9.17, 15) is 4.79 Å². The minimum atomic E-state index is -0.337. The quantitative estimate of drug-likeness (QED) is 0.690. The van der Waals surface area contributed by atoms with Gasteiger partial charge >= 0.3 is 0 Å². The zero-order valence-corrected chi connectivity index (χ0v) is 17.9. The van der Waals surface area contributed by atoms with Crippen molar-refractivity contribution in [2.45, 2.75) is 53.5 Å². The van der Waals surface area contributed by atoms with E-state index in [2.05, 4.69) is 50.4 Å². The van der Waals surface area contributed by atoms with Crippen molar-refractivity contribution in [2.75, 3.05) is 6.61 Å². The molecule has 0 unspecified atom stereocenters. The van der Waals surface area contributed by atoms with Crippen molar-refractivity contribution < 1.29 is 9.53 Å². The lowest BCUT2D eigenvalue weighted by Gasteiger charge is -2.14. The molecule has 0 bridgehead atoms. The molecule has 2 aromatic rings. The molecule has 1 amide bonds. The molecule has 1 aromatic carbocycles. The Hall–Kier alpha value is -1.59. The molecule has 1 heterocycles. The van der Waals surface area contributed by atoms with Gasteiger partial charge in [-0.2, -0.15) is 4.99 Å². The molecule has 0 spiro atoms. The molecule has 6 heteroatoms. The second kappa shape index (κ2) is 8.40. The highest BCUT2D eigenvalue weighted by atomic mass is 35.5. The van der Waals surface area contributed by atoms with Crippen LogP contribution in [0.2, 0.25) is 5.02 Å². The van der Waals surface area contributed by atoms with E-state index >= 15 is 0 Å². The highest BCUT2D eigenvalue weighted by Gasteiger charge is 2.19. The van der Waals surface area contributed by atoms with E-state index in [4.69, 9.17) is 16.3 Å². The molecule has 1 aromatic heterocycles. The molecular formula is C20H27ClN2O2S. The van der Waals surface area contributed by atoms with Gasteiger partial charge in [0.2, 0.25) is 0 Å². The number of carbonyl (C=O) groups is 1. The van der Waals surface area contributed by atoms with Crippen LogP contribution in [0.15, 0.2) is 29.4 Å². The van der Waals surface area contributed by atoms with Crippen LogP contribution in [0.5, 0.6) is 5.75 Å². The summed E-state index contributed by atoms with van der Waals surface area (Å²) in [6, 6.07) is 5.04. The maximum Gasteiger partial charge on any atom is 0.283 e. The lowest BCUT2D eigenvalue weighted by molar-refractivity contribution is 0.0994. The van der Waals surface area contributed by atoms with E-state index in [0.717, 1.165) is 6.54 Å². The second-order valence-corrected chi connectivity index (χ2v) is 9.11. The summed E-state index contributed by atoms with van der Waals surface area (Å²) in [5.41, 5.74) is 0.397. The average molecular weight is 395 g/mol. The summed E-state index contributed by atoms with van der Waals surface area (Å²) in [5.74, 6) is 0.626. The molecule has 4 nitrogen and oxygen atoms in total. The Labute approximate surface area is 164 Å². The van der Waals surface area contributed by atoms with Crippen LogP contribution in [0.1, 0.15) is 56.8 Å². The number of carbonyl (C=O) groups excluding carboxylic acids is 1. The smallest absolute Gasteiger partial charge is 0.283 e. The van der Waals surface area contributed by atoms with E-state index in [1.54, 1.807) is 29.5 Å². The van der Waals surface area contributed by atoms with Crippen molar-refractivity contribution in [3.8, 4) is 5.75 Å². The number of amides is 1. The maximum absolute atomic E-state index is 12.8. The number of benzene rings is 1. The van der Waals surface area contributed by atoms with Crippen LogP contribution < -0.4 is 9.54 Å². The van der Waals surface area contributed by atoms with Crippen LogP contribution in [0.25, 0.3) is 0 Å². The lowest BCUT2D eigenvalue weighted by Crippen LogP contribution is -2.19. The Morgan fingerprint density at radius 1 is 1.35 bits per heavy atom. The van der Waals surface area contributed by atoms with E-state index in [1.165, 1.54) is 4.88 Å². The van der Waals surface area contributed by atoms with Crippen LogP contribution in [-0.2, 0) is 12.0 Å². The fourth-order valence-electron chi connectivity index (χ4n) is 2.44. The summed E-state index contributed by atoms with van der Waals surface area (Å²) < 4.78 is 7.63. The monoisotopic (exact) mass is 394 g/mol. The van der Waals surface area contributed by atoms with Gasteiger partial charge in [-0.1, -0.05) is 46.2 Å². The van der Waals surface area contributed by atoms with Gasteiger partial charge in [0.1, 0.15) is 5.75 Å². The molecule has 0 atom stereocenters. The van der Waals surface area contributed by atoms with E-state index in [1.807, 2.05) is 6.92 Å². The van der Waals surface area contributed by atoms with Gasteiger partial charge in [0.15, 0.2) is 4.80 Å². The van der Waals surface area contributed by atoms with Gasteiger partial charge in [0.05, 0.1) is 12.2 Å². The first kappa shape index (κ1) is 20.7. The van der Waals surface area contributed by atoms with Gasteiger partial charge in [0.25, 0.3) is 5.91 Å². The van der Waals surface area contributed by atoms with Crippen LogP contribution in [0, 0.1) is 5.92 Å². The molecule has 0 N–H and O–H groups in total. The molecule has 2 rings (SSSR count). The molecule has 142 valence electrons. The SMILES string of the molecule is CCOc1ccc(Cl)cc1C(=O)N=c1sc(C(C)(C)C)cn1CC(C)C. The highest BCUT2D eigenvalue weighted by Crippen LogP contribution is 2.26. The fraction of sp³-hybridized carbons (Fsp3) is 0.500. The Morgan fingerprint density at radius 2 is 2.04 bits per heavy atom. The predicted molar refractivity (Wildman–Crippen MR) is 108 cm³/mol. The van der Waals surface area contributed by atoms with Crippen molar-refractivity contribution in [3.05, 3.63) is 44.7 Å². The molecule has 0 fully saturated rings. The molecule has 0 radical (unpaired) electrons. The third kappa shape index (κ3) is 5.21. The van der Waals surface area contributed by atoms with Crippen molar-refractivity contribution in [1.82, 2.24) is 4.57 Å². The van der Waals surface area contributed by atoms with Crippen LogP contribution in [0.4, 0.5) is 0 Å². The molecule has 0 saturated carbocycles. The Bertz CT molecular complexity index is 844. The number of hydrogen-bond acceptors (Lipinski definition) is 3. The Kier molecular flexibility index (Phi) is 6.69. The molecule has 0 aliphatic heterocycles. The van der Waals surface area contributed by atoms with E-state index in [-0.39, 0.29) is 11.3 Å². The van der Waals surface area contributed by atoms with Gasteiger partial charge in [-0.15, -0.1) is 11.3 Å². The largest absolute Gasteiger partial charge is 0.493 e. The number of aromatic nitrogens is 1. The summed E-state index contributed by atoms with van der Waals surface area (Å²) in [4.78, 5) is 19.2. The zero-order chi connectivity index (χ0) is 19.5. The summed E-state index contributed by atoms with van der Waals surface area (Å²) in [7, 11) is 0. The van der Waals surface area contributed by atoms with Crippen molar-refractivity contribution >= 4 is 28.8 Å². The number of hydrogen-bond donors (Lipinski definition) is 0. The molecular weight excluding hydrogens is 368 g/mol. The predicted octanol–water partition coefficient (Wildman–Crippen LogP) is 5.30. The summed E-state index contributed by atoms with van der Waals surface area (Å²) in [6.07, 6.45) is 2.11. The Balaban J connectivity index is 2.53. The first-order chi connectivity index (χ1) is 12.1. The van der Waals surface area contributed by atoms with E-state index in [0.29, 0.717) is 33.7 Å². The number of ether oxygens (including phenoxy) is 1. The second-order valence-electron chi connectivity index (χ2n) is 7.66. The summed E-state index contributed by atoms with van der Waals surface area (Å²) in [5, 5.41) is 0.489. The van der Waals surface area contributed by atoms with Crippen LogP contribution in [0.3, 0.4) is 0 Å². The fourth-order valence-corrected chi connectivity index (χ4v) is 3.66. The molecule has 0 aliphatic carbocycles. The van der Waals surface area contributed by atoms with E-state index < -0.39 is 0 Å².